The number of anilines is 2. The Labute approximate surface area is 108 Å². The van der Waals surface area contributed by atoms with Crippen LogP contribution in [0.5, 0.6) is 0 Å². The molecule has 0 fully saturated rings. The van der Waals surface area contributed by atoms with Crippen LogP contribution in [0.25, 0.3) is 0 Å². The maximum atomic E-state index is 12.4. The van der Waals surface area contributed by atoms with E-state index in [0.29, 0.717) is 0 Å². The van der Waals surface area contributed by atoms with E-state index in [1.807, 2.05) is 0 Å². The van der Waals surface area contributed by atoms with Crippen molar-refractivity contribution in [2.45, 2.75) is 13.1 Å². The first-order valence-corrected chi connectivity index (χ1v) is 5.59. The van der Waals surface area contributed by atoms with Gasteiger partial charge in [-0.1, -0.05) is 0 Å². The third-order valence-electron chi connectivity index (χ3n) is 2.34. The monoisotopic (exact) mass is 276 g/mol. The quantitative estimate of drug-likeness (QED) is 0.678. The average Bonchev–Trinajstić information content (AvgIpc) is 2.26. The van der Waals surface area contributed by atoms with E-state index in [0.717, 1.165) is 4.90 Å². The fraction of sp³-hybridized carbons (Fsp3) is 0.417. The summed E-state index contributed by atoms with van der Waals surface area (Å²) >= 11 is 0. The molecule has 1 aromatic rings. The van der Waals surface area contributed by atoms with E-state index in [4.69, 9.17) is 10.5 Å². The minimum absolute atomic E-state index is 0.0219. The lowest BCUT2D eigenvalue weighted by atomic mass is 10.1. The van der Waals surface area contributed by atoms with Crippen LogP contribution in [0, 0.1) is 0 Å². The van der Waals surface area contributed by atoms with Crippen LogP contribution in [0.3, 0.4) is 0 Å². The molecule has 1 aromatic carbocycles. The number of rotatable bonds is 4. The first kappa shape index (κ1) is 15.1. The molecule has 0 spiro atoms. The van der Waals surface area contributed by atoms with Gasteiger partial charge in [0, 0.05) is 12.7 Å². The van der Waals surface area contributed by atoms with Gasteiger partial charge in [-0.3, -0.25) is 0 Å². The molecule has 0 aromatic heterocycles. The first-order chi connectivity index (χ1) is 8.74. The van der Waals surface area contributed by atoms with Crippen molar-refractivity contribution in [3.63, 3.8) is 0 Å². The highest BCUT2D eigenvalue weighted by Gasteiger charge is 2.30. The predicted octanol–water partition coefficient (Wildman–Crippen LogP) is 2.44. The second-order valence-electron chi connectivity index (χ2n) is 3.97. The lowest BCUT2D eigenvalue weighted by Gasteiger charge is -2.23. The predicted molar refractivity (Wildman–Crippen MR) is 66.1 cm³/mol. The van der Waals surface area contributed by atoms with E-state index < -0.39 is 18.7 Å². The summed E-state index contributed by atoms with van der Waals surface area (Å²) in [5.74, 6) is -0.696. The van der Waals surface area contributed by atoms with Crippen LogP contribution >= 0.6 is 0 Å². The van der Waals surface area contributed by atoms with Gasteiger partial charge >= 0.3 is 12.1 Å². The summed E-state index contributed by atoms with van der Waals surface area (Å²) in [4.78, 5) is 12.6. The smallest absolute Gasteiger partial charge is 0.405 e. The molecule has 1 rings (SSSR count). The number of hydrogen-bond donors (Lipinski definition) is 1. The van der Waals surface area contributed by atoms with Crippen LogP contribution in [0.15, 0.2) is 18.2 Å². The number of carbonyl (C=O) groups excluding carboxylic acids is 1. The molecule has 0 bridgehead atoms. The number of carbonyl (C=O) groups is 1. The first-order valence-electron chi connectivity index (χ1n) is 5.59. The van der Waals surface area contributed by atoms with E-state index in [9.17, 15) is 18.0 Å². The Morgan fingerprint density at radius 2 is 2.05 bits per heavy atom. The summed E-state index contributed by atoms with van der Waals surface area (Å²) < 4.78 is 41.9. The SMILES string of the molecule is CCOC(=O)c1cc(N)ccc1N(C)CC(F)(F)F. The van der Waals surface area contributed by atoms with Gasteiger partial charge in [-0.05, 0) is 25.1 Å². The summed E-state index contributed by atoms with van der Waals surface area (Å²) in [5, 5.41) is 0. The molecule has 0 aliphatic rings. The molecule has 0 aliphatic carbocycles. The van der Waals surface area contributed by atoms with Crippen molar-refractivity contribution in [1.29, 1.82) is 0 Å². The maximum Gasteiger partial charge on any atom is 0.405 e. The van der Waals surface area contributed by atoms with Gasteiger partial charge in [-0.15, -0.1) is 0 Å². The van der Waals surface area contributed by atoms with Crippen LogP contribution in [0.2, 0.25) is 0 Å². The Morgan fingerprint density at radius 1 is 1.42 bits per heavy atom. The molecule has 0 saturated carbocycles. The third kappa shape index (κ3) is 4.35. The number of ether oxygens (including phenoxy) is 1. The van der Waals surface area contributed by atoms with Gasteiger partial charge in [-0.25, -0.2) is 4.79 Å². The number of benzene rings is 1. The number of nitrogen functional groups attached to an aromatic ring is 1. The Balaban J connectivity index is 3.09. The number of halogens is 3. The van der Waals surface area contributed by atoms with E-state index in [1.54, 1.807) is 6.92 Å². The zero-order chi connectivity index (χ0) is 14.6. The average molecular weight is 276 g/mol. The lowest BCUT2D eigenvalue weighted by Crippen LogP contribution is -2.32. The van der Waals surface area contributed by atoms with Crippen molar-refractivity contribution in [2.75, 3.05) is 30.8 Å². The zero-order valence-corrected chi connectivity index (χ0v) is 10.6. The van der Waals surface area contributed by atoms with Crippen LogP contribution in [0.4, 0.5) is 24.5 Å². The molecule has 7 heteroatoms. The van der Waals surface area contributed by atoms with Gasteiger partial charge in [-0.2, -0.15) is 13.2 Å². The topological polar surface area (TPSA) is 55.6 Å². The summed E-state index contributed by atoms with van der Waals surface area (Å²) in [6.07, 6.45) is -4.36. The highest BCUT2D eigenvalue weighted by Crippen LogP contribution is 2.26. The Kier molecular flexibility index (Phi) is 4.63. The third-order valence-corrected chi connectivity index (χ3v) is 2.34. The van der Waals surface area contributed by atoms with Crippen molar-refractivity contribution >= 4 is 17.3 Å². The molecule has 4 nitrogen and oxygen atoms in total. The van der Waals surface area contributed by atoms with Crippen molar-refractivity contribution in [2.24, 2.45) is 0 Å². The van der Waals surface area contributed by atoms with Crippen LogP contribution in [-0.2, 0) is 4.74 Å². The Hall–Kier alpha value is -1.92. The number of alkyl halides is 3. The van der Waals surface area contributed by atoms with Gasteiger partial charge in [0.05, 0.1) is 17.9 Å². The van der Waals surface area contributed by atoms with E-state index in [-0.39, 0.29) is 23.5 Å². The molecule has 106 valence electrons. The highest BCUT2D eigenvalue weighted by molar-refractivity contribution is 5.97. The van der Waals surface area contributed by atoms with Gasteiger partial charge in [0.25, 0.3) is 0 Å². The van der Waals surface area contributed by atoms with Gasteiger partial charge in [0.15, 0.2) is 0 Å². The van der Waals surface area contributed by atoms with Gasteiger partial charge in [0.2, 0.25) is 0 Å². The second kappa shape index (κ2) is 5.81. The van der Waals surface area contributed by atoms with E-state index >= 15 is 0 Å². The Bertz CT molecular complexity index is 461. The normalized spacial score (nSPS) is 11.2. The molecular weight excluding hydrogens is 261 g/mol. The van der Waals surface area contributed by atoms with Gasteiger partial charge in [0.1, 0.15) is 6.54 Å². The fourth-order valence-electron chi connectivity index (χ4n) is 1.61. The van der Waals surface area contributed by atoms with Crippen LogP contribution in [-0.4, -0.2) is 32.3 Å². The number of nitrogens with zero attached hydrogens (tertiary/aromatic N) is 1. The number of nitrogens with two attached hydrogens (primary N) is 1. The molecule has 0 radical (unpaired) electrons. The van der Waals surface area contributed by atoms with Gasteiger partial charge < -0.3 is 15.4 Å². The summed E-state index contributed by atoms with van der Waals surface area (Å²) in [6, 6.07) is 4.11. The van der Waals surface area contributed by atoms with E-state index in [1.165, 1.54) is 25.2 Å². The van der Waals surface area contributed by atoms with Crippen molar-refractivity contribution < 1.29 is 22.7 Å². The lowest BCUT2D eigenvalue weighted by molar-refractivity contribution is -0.119. The van der Waals surface area contributed by atoms with Crippen molar-refractivity contribution in [1.82, 2.24) is 0 Å². The van der Waals surface area contributed by atoms with Crippen molar-refractivity contribution in [3.8, 4) is 0 Å². The fourth-order valence-corrected chi connectivity index (χ4v) is 1.61. The standard InChI is InChI=1S/C12H15F3N2O2/c1-3-19-11(18)9-6-8(16)4-5-10(9)17(2)7-12(13,14)15/h4-6H,3,7,16H2,1-2H3. The van der Waals surface area contributed by atoms with Crippen LogP contribution in [0.1, 0.15) is 17.3 Å². The highest BCUT2D eigenvalue weighted by atomic mass is 19.4. The maximum absolute atomic E-state index is 12.4. The van der Waals surface area contributed by atoms with Crippen molar-refractivity contribution in [3.05, 3.63) is 23.8 Å². The Morgan fingerprint density at radius 3 is 2.58 bits per heavy atom. The summed E-state index contributed by atoms with van der Waals surface area (Å²) in [6.45, 7) is 0.586. The molecule has 0 amide bonds. The van der Waals surface area contributed by atoms with Crippen LogP contribution < -0.4 is 10.6 Å². The second-order valence-corrected chi connectivity index (χ2v) is 3.97. The molecule has 19 heavy (non-hydrogen) atoms. The minimum atomic E-state index is -4.36. The zero-order valence-electron chi connectivity index (χ0n) is 10.6. The molecule has 0 aliphatic heterocycles. The number of esters is 1. The minimum Gasteiger partial charge on any atom is -0.462 e. The summed E-state index contributed by atoms with van der Waals surface area (Å²) in [5.41, 5.74) is 5.98. The molecule has 0 heterocycles. The molecule has 0 unspecified atom stereocenters. The number of hydrogen-bond acceptors (Lipinski definition) is 4. The molecule has 0 atom stereocenters. The molecule has 2 N–H and O–H groups in total. The molecule has 0 saturated heterocycles. The summed E-state index contributed by atoms with van der Waals surface area (Å²) in [7, 11) is 1.25. The largest absolute Gasteiger partial charge is 0.462 e. The molecular formula is C12H15F3N2O2. The van der Waals surface area contributed by atoms with E-state index in [2.05, 4.69) is 0 Å².